The van der Waals surface area contributed by atoms with Crippen molar-refractivity contribution in [3.05, 3.63) is 24.4 Å². The van der Waals surface area contributed by atoms with E-state index in [9.17, 15) is 70.2 Å². The molecule has 20 atom stereocenters. The first-order chi connectivity index (χ1) is 41.4. The number of carbonyl (C=O) groups is 4. The summed E-state index contributed by atoms with van der Waals surface area (Å²) in [5, 5.41) is 125. The van der Waals surface area contributed by atoms with Gasteiger partial charge in [-0.2, -0.15) is 0 Å². The lowest BCUT2D eigenvalue weighted by atomic mass is 9.97. The molecular weight excluding hydrogens is 1180 g/mol. The molecule has 5 heterocycles. The van der Waals surface area contributed by atoms with Crippen LogP contribution < -0.4 is 10.6 Å². The molecule has 1 aromatic heterocycles. The van der Waals surface area contributed by atoms with E-state index in [4.69, 9.17) is 57.2 Å². The van der Waals surface area contributed by atoms with Crippen LogP contribution in [0.3, 0.4) is 0 Å². The fraction of sp³-hybridized carbons (Fsp3) is 0.836. The minimum Gasteiger partial charge on any atom is -0.481 e. The number of amides is 2. The molecule has 5 rings (SSSR count). The average molecular weight is 1270 g/mol. The molecule has 0 bridgehead atoms. The molecule has 0 radical (unpaired) electrons. The van der Waals surface area contributed by atoms with E-state index in [-0.39, 0.29) is 50.3 Å². The summed E-state index contributed by atoms with van der Waals surface area (Å²) in [6.45, 7) is -1.88. The van der Waals surface area contributed by atoms with Crippen LogP contribution in [0.1, 0.15) is 96.3 Å². The molecule has 0 aliphatic carbocycles. The van der Waals surface area contributed by atoms with Gasteiger partial charge in [-0.1, -0.05) is 36.1 Å². The average Bonchev–Trinajstić information content (AvgIpc) is 3.71. The minimum absolute atomic E-state index is 0.0213. The summed E-state index contributed by atoms with van der Waals surface area (Å²) < 4.78 is 64.4. The van der Waals surface area contributed by atoms with Gasteiger partial charge in [-0.3, -0.25) is 19.2 Å². The van der Waals surface area contributed by atoms with E-state index in [1.165, 1.54) is 25.0 Å². The Bertz CT molecular complexity index is 2080. The Hall–Kier alpha value is -2.91. The van der Waals surface area contributed by atoms with Crippen LogP contribution in [0.15, 0.2) is 29.4 Å². The first kappa shape index (κ1) is 73.8. The Morgan fingerprint density at radius 1 is 0.523 bits per heavy atom. The van der Waals surface area contributed by atoms with Crippen LogP contribution in [0.25, 0.3) is 0 Å². The number of rotatable bonds is 41. The second-order valence-electron chi connectivity index (χ2n) is 21.3. The molecule has 4 aliphatic rings. The molecule has 494 valence electrons. The van der Waals surface area contributed by atoms with Gasteiger partial charge in [0.2, 0.25) is 11.8 Å². The summed E-state index contributed by atoms with van der Waals surface area (Å²) in [5.41, 5.74) is 0. The second kappa shape index (κ2) is 40.1. The Labute approximate surface area is 507 Å². The van der Waals surface area contributed by atoms with Gasteiger partial charge in [-0.25, -0.2) is 4.98 Å². The number of carboxylic acid groups (broad SMARTS) is 1. The number of aliphatic hydroxyl groups excluding tert-OH is 10. The molecule has 5 unspecified atom stereocenters. The molecule has 1 aromatic rings. The summed E-state index contributed by atoms with van der Waals surface area (Å²) in [6.07, 6.45) is -23.2. The largest absolute Gasteiger partial charge is 0.481 e. The molecule has 4 saturated heterocycles. The molecule has 31 heteroatoms. The fourth-order valence-electron chi connectivity index (χ4n) is 9.84. The number of aliphatic carboxylic acids is 1. The summed E-state index contributed by atoms with van der Waals surface area (Å²) in [4.78, 5) is 51.8. The van der Waals surface area contributed by atoms with E-state index in [0.29, 0.717) is 95.8 Å². The molecule has 29 nitrogen and oxygen atoms in total. The first-order valence-corrected chi connectivity index (χ1v) is 31.7. The van der Waals surface area contributed by atoms with E-state index >= 15 is 0 Å². The highest BCUT2D eigenvalue weighted by Crippen LogP contribution is 2.33. The molecule has 0 saturated carbocycles. The Morgan fingerprint density at radius 3 is 1.50 bits per heavy atom. The first-order valence-electron chi connectivity index (χ1n) is 29.4. The van der Waals surface area contributed by atoms with Crippen LogP contribution in [0.5, 0.6) is 0 Å². The maximum absolute atomic E-state index is 12.5. The summed E-state index contributed by atoms with van der Waals surface area (Å²) >= 11 is 0. The van der Waals surface area contributed by atoms with Crippen molar-refractivity contribution in [3.63, 3.8) is 0 Å². The number of Topliss-reactive ketones (excluding diaryl/α,β-unsaturated/α-hetero) is 1. The minimum atomic E-state index is -1.82. The molecule has 4 fully saturated rings. The van der Waals surface area contributed by atoms with E-state index in [1.54, 1.807) is 17.0 Å². The van der Waals surface area contributed by atoms with Crippen LogP contribution in [-0.4, -0.2) is 280 Å². The number of unbranched alkanes of at least 4 members (excludes halogenated alkanes) is 6. The van der Waals surface area contributed by atoms with Gasteiger partial charge in [-0.05, 0) is 67.9 Å². The zero-order chi connectivity index (χ0) is 62.5. The number of methoxy groups -OCH3 is 1. The number of hydrogen-bond acceptors (Lipinski definition) is 28. The Kier molecular flexibility index (Phi) is 34.4. The molecule has 4 aliphatic heterocycles. The number of aromatic nitrogens is 1. The van der Waals surface area contributed by atoms with Crippen molar-refractivity contribution in [1.29, 1.82) is 0 Å². The van der Waals surface area contributed by atoms with Crippen LogP contribution in [-0.2, 0) is 71.3 Å². The molecular formula is C55H91N3O26S2. The van der Waals surface area contributed by atoms with Gasteiger partial charge in [0.15, 0.2) is 25.2 Å². The van der Waals surface area contributed by atoms with Crippen LogP contribution in [0.2, 0.25) is 0 Å². The van der Waals surface area contributed by atoms with Gasteiger partial charge in [-0.15, -0.1) is 0 Å². The third-order valence-electron chi connectivity index (χ3n) is 14.8. The fourth-order valence-corrected chi connectivity index (χ4v) is 11.7. The molecule has 13 N–H and O–H groups in total. The Morgan fingerprint density at radius 2 is 1.00 bits per heavy atom. The zero-order valence-corrected chi connectivity index (χ0v) is 50.3. The number of nitrogens with one attached hydrogen (secondary N) is 2. The number of pyridine rings is 1. The summed E-state index contributed by atoms with van der Waals surface area (Å²) in [5.74, 6) is -0.531. The van der Waals surface area contributed by atoms with Gasteiger partial charge in [0.25, 0.3) is 0 Å². The van der Waals surface area contributed by atoms with Gasteiger partial charge < -0.3 is 119 Å². The third-order valence-corrected chi connectivity index (χ3v) is 17.1. The normalized spacial score (nSPS) is 33.1. The number of carboxylic acids is 1. The zero-order valence-electron chi connectivity index (χ0n) is 48.6. The number of ether oxygens (including phenoxy) is 11. The highest BCUT2D eigenvalue weighted by molar-refractivity contribution is 8.76. The van der Waals surface area contributed by atoms with Crippen molar-refractivity contribution in [2.24, 2.45) is 0 Å². The van der Waals surface area contributed by atoms with Crippen molar-refractivity contribution in [2.45, 2.75) is 224 Å². The van der Waals surface area contributed by atoms with E-state index in [1.807, 2.05) is 18.2 Å². The number of nitrogens with zero attached hydrogens (tertiary/aromatic N) is 1. The van der Waals surface area contributed by atoms with Crippen molar-refractivity contribution in [2.75, 3.05) is 72.7 Å². The highest BCUT2D eigenvalue weighted by atomic mass is 33.1. The third kappa shape index (κ3) is 24.0. The molecule has 2 amide bonds. The summed E-state index contributed by atoms with van der Waals surface area (Å²) in [6, 6.07) is 5.63. The lowest BCUT2D eigenvalue weighted by Crippen LogP contribution is -2.64. The highest BCUT2D eigenvalue weighted by Gasteiger charge is 2.52. The monoisotopic (exact) mass is 1270 g/mol. The number of aliphatic hydroxyl groups is 10. The van der Waals surface area contributed by atoms with Crippen molar-refractivity contribution >= 4 is 45.2 Å². The van der Waals surface area contributed by atoms with Crippen LogP contribution in [0, 0.1) is 0 Å². The van der Waals surface area contributed by atoms with E-state index in [0.717, 1.165) is 5.03 Å². The van der Waals surface area contributed by atoms with Gasteiger partial charge >= 0.3 is 5.97 Å². The maximum atomic E-state index is 12.5. The smallest absolute Gasteiger partial charge is 0.303 e. The quantitative estimate of drug-likeness (QED) is 0.0254. The standard InChI is InChI=1S/C55H91N3O26S2/c1-56-36(61)17-7-4-12-24-76-50-34(29-79-53-46(71)42(67)49(32(27-59)81-53)75-23-11-3-6-15-31(60)16-14-22-57-37(62)20-26-85-86-38-18-9-10-21-58-38)84-55(48(73)44(50)69)80-30-35-51(77-25-13-5-8-19-39(63)64)43(68)47(72)54(83-35)78-28-33-40(65)41(66)45(70)52(74-2)82-33/h9-10,18,21,32-35,40-55,59,65-73H,3-8,11-17,19-20,22-30H2,1-2H3,(H,56,61)(H,57,62)(H,63,64)/t32-,33-,34-,35-,40?,41-,42+,43+,44+,45-,46-,47-,48-,49?,50?,51?,52?,53+,54-,55+/m0/s1. The van der Waals surface area contributed by atoms with Crippen molar-refractivity contribution in [3.8, 4) is 0 Å². The Balaban J connectivity index is 1.14. The lowest BCUT2D eigenvalue weighted by molar-refractivity contribution is -0.351. The van der Waals surface area contributed by atoms with Crippen molar-refractivity contribution < 1.29 is 127 Å². The summed E-state index contributed by atoms with van der Waals surface area (Å²) in [7, 11) is 5.77. The SMILES string of the molecule is CNC(=O)CCCCCOC1[C@H](CO[C@@H]2O[C@@H](CO)C(OCCCCCC(=O)CCCNC(=O)CCSSc3ccccn3)[C@H](O)[C@@H]2O)O[C@@H](OC[C@@H]2O[C@H](OC[C@@H]3OC(OC)[C@@H](O)[C@@H](O)C3O)[C@@H](O)[C@@H](O)C2OCCCCCC(=O)O)[C@@H](O)[C@H]1O. The molecule has 0 spiro atoms. The van der Waals surface area contributed by atoms with Crippen LogP contribution >= 0.6 is 21.6 Å². The van der Waals surface area contributed by atoms with Gasteiger partial charge in [0.1, 0.15) is 108 Å². The molecule has 86 heavy (non-hydrogen) atoms. The number of ketones is 1. The maximum Gasteiger partial charge on any atom is 0.303 e. The van der Waals surface area contributed by atoms with Crippen molar-refractivity contribution in [1.82, 2.24) is 15.6 Å². The predicted octanol–water partition coefficient (Wildman–Crippen LogP) is -1.82. The van der Waals surface area contributed by atoms with E-state index < -0.39 is 155 Å². The van der Waals surface area contributed by atoms with Gasteiger partial charge in [0, 0.05) is 84.6 Å². The van der Waals surface area contributed by atoms with E-state index in [2.05, 4.69) is 15.6 Å². The number of hydrogen-bond donors (Lipinski definition) is 13. The predicted molar refractivity (Wildman–Crippen MR) is 301 cm³/mol. The molecule has 0 aromatic carbocycles. The lowest BCUT2D eigenvalue weighted by Gasteiger charge is -2.46. The van der Waals surface area contributed by atoms with Gasteiger partial charge in [0.05, 0.1) is 26.4 Å². The van der Waals surface area contributed by atoms with Crippen LogP contribution in [0.4, 0.5) is 0 Å². The number of carbonyl (C=O) groups excluding carboxylic acids is 3. The topological polar surface area (TPSA) is 429 Å². The second-order valence-corrected chi connectivity index (χ2v) is 23.8.